The van der Waals surface area contributed by atoms with Gasteiger partial charge in [-0.25, -0.2) is 19.2 Å². The van der Waals surface area contributed by atoms with Crippen molar-refractivity contribution < 1.29 is 47.3 Å². The Morgan fingerprint density at radius 1 is 0.729 bits per heavy atom. The van der Waals surface area contributed by atoms with Crippen molar-refractivity contribution in [3.8, 4) is 17.0 Å². The van der Waals surface area contributed by atoms with E-state index in [1.54, 1.807) is 79.1 Å². The Morgan fingerprint density at radius 3 is 1.73 bits per heavy atom. The van der Waals surface area contributed by atoms with Crippen molar-refractivity contribution in [1.82, 2.24) is 25.3 Å². The van der Waals surface area contributed by atoms with Crippen LogP contribution in [0.1, 0.15) is 116 Å². The minimum Gasteiger partial charge on any atom is -0.490 e. The van der Waals surface area contributed by atoms with E-state index in [-0.39, 0.29) is 31.3 Å². The van der Waals surface area contributed by atoms with Gasteiger partial charge in [-0.15, -0.1) is 0 Å². The lowest BCUT2D eigenvalue weighted by Gasteiger charge is -2.39. The van der Waals surface area contributed by atoms with Gasteiger partial charge in [-0.05, 0) is 138 Å². The van der Waals surface area contributed by atoms with Gasteiger partial charge in [0, 0.05) is 31.7 Å². The van der Waals surface area contributed by atoms with Crippen LogP contribution >= 0.6 is 0 Å². The Kier molecular flexibility index (Phi) is 17.5. The number of hydrogen-bond acceptors (Lipinski definition) is 11. The average Bonchev–Trinajstić information content (AvgIpc) is 3.43. The second-order valence-corrected chi connectivity index (χ2v) is 24.8. The lowest BCUT2D eigenvalue weighted by atomic mass is 10.1. The number of rotatable bonds is 16. The summed E-state index contributed by atoms with van der Waals surface area (Å²) in [6.07, 6.45) is -2.07. The van der Waals surface area contributed by atoms with Crippen LogP contribution < -0.4 is 15.4 Å². The van der Waals surface area contributed by atoms with E-state index in [0.29, 0.717) is 36.6 Å². The normalized spacial score (nSPS) is 13.2. The molecule has 3 amide bonds. The molecule has 0 saturated carbocycles. The number of ether oxygens (including phenoxy) is 5. The molecule has 2 aromatic rings. The quantitative estimate of drug-likeness (QED) is 0.0717. The highest BCUT2D eigenvalue weighted by Gasteiger charge is 2.42. The summed E-state index contributed by atoms with van der Waals surface area (Å²) in [5.41, 5.74) is -0.648. The topological polar surface area (TPSA) is 169 Å². The van der Waals surface area contributed by atoms with Crippen LogP contribution in [0.2, 0.25) is 18.1 Å². The van der Waals surface area contributed by atoms with Crippen LogP contribution in [0.15, 0.2) is 30.3 Å². The first-order chi connectivity index (χ1) is 26.7. The molecule has 59 heavy (non-hydrogen) atoms. The van der Waals surface area contributed by atoms with E-state index in [9.17, 15) is 19.2 Å². The largest absolute Gasteiger partial charge is 0.490 e. The number of amides is 3. The molecular formula is C43H73N5O10Si. The van der Waals surface area contributed by atoms with Gasteiger partial charge in [-0.3, -0.25) is 4.68 Å². The van der Waals surface area contributed by atoms with E-state index in [2.05, 4.69) is 44.5 Å². The highest BCUT2D eigenvalue weighted by Crippen LogP contribution is 2.38. The van der Waals surface area contributed by atoms with Gasteiger partial charge < -0.3 is 43.6 Å². The molecule has 1 atom stereocenters. The molecule has 0 spiro atoms. The van der Waals surface area contributed by atoms with Crippen LogP contribution in [-0.4, -0.2) is 102 Å². The molecule has 0 aliphatic carbocycles. The second kappa shape index (κ2) is 20.3. The SMILES string of the molecule is CC(C)(C)OC(=O)NCCCn1nc(-c2ccc(OC[C@@H](O[Si](C)(C)C(C)(C)C)C(=O)OC(C)(C)C)cc2)cc1CN(CCNC(=O)OC(C)(C)C)C(=O)OC(C)(C)C. The molecule has 0 unspecified atom stereocenters. The number of aryl methyl sites for hydroxylation is 1. The molecule has 0 bridgehead atoms. The first-order valence-electron chi connectivity index (χ1n) is 20.4. The van der Waals surface area contributed by atoms with Crippen molar-refractivity contribution in [3.05, 3.63) is 36.0 Å². The Morgan fingerprint density at radius 2 is 1.24 bits per heavy atom. The first kappa shape index (κ1) is 50.8. The molecular weight excluding hydrogens is 775 g/mol. The Labute approximate surface area is 353 Å². The predicted molar refractivity (Wildman–Crippen MR) is 231 cm³/mol. The van der Waals surface area contributed by atoms with E-state index >= 15 is 0 Å². The Bertz CT molecular complexity index is 1690. The summed E-state index contributed by atoms with van der Waals surface area (Å²) in [5, 5.41) is 10.3. The lowest BCUT2D eigenvalue weighted by molar-refractivity contribution is -0.165. The number of esters is 1. The van der Waals surface area contributed by atoms with Crippen molar-refractivity contribution in [3.63, 3.8) is 0 Å². The standard InChI is InChI=1S/C43H73N5O10Si/c1-39(2,3)54-35(49)34(58-59(16,17)43(13,14)15)29-53-32-21-19-30(20-22-32)33-27-31(48(46-33)25-18-23-44-36(50)55-40(4,5)6)28-47(38(52)57-42(10,11)12)26-24-45-37(51)56-41(7,8)9/h19-22,27,34H,18,23-26,28-29H2,1-17H3,(H,44,50)(H,45,51)/t34-/m1/s1. The van der Waals surface area contributed by atoms with Gasteiger partial charge in [0.25, 0.3) is 0 Å². The number of carbonyl (C=O) groups excluding carboxylic acids is 4. The van der Waals surface area contributed by atoms with E-state index in [1.807, 2.05) is 39.0 Å². The van der Waals surface area contributed by atoms with Gasteiger partial charge in [0.2, 0.25) is 0 Å². The van der Waals surface area contributed by atoms with Crippen molar-refractivity contribution in [2.75, 3.05) is 26.2 Å². The fourth-order valence-electron chi connectivity index (χ4n) is 4.96. The zero-order valence-corrected chi connectivity index (χ0v) is 39.8. The molecule has 2 N–H and O–H groups in total. The molecule has 2 rings (SSSR count). The third-order valence-electron chi connectivity index (χ3n) is 8.60. The van der Waals surface area contributed by atoms with Crippen molar-refractivity contribution in [2.24, 2.45) is 0 Å². The van der Waals surface area contributed by atoms with Crippen molar-refractivity contribution in [1.29, 1.82) is 0 Å². The minimum absolute atomic E-state index is 0.0276. The molecule has 16 heteroatoms. The molecule has 0 aliphatic heterocycles. The molecule has 0 saturated heterocycles. The summed E-state index contributed by atoms with van der Waals surface area (Å²) in [4.78, 5) is 53.0. The number of aromatic nitrogens is 2. The molecule has 15 nitrogen and oxygen atoms in total. The average molecular weight is 848 g/mol. The molecule has 0 fully saturated rings. The second-order valence-electron chi connectivity index (χ2n) is 20.1. The zero-order valence-electron chi connectivity index (χ0n) is 38.8. The Balaban J connectivity index is 2.40. The van der Waals surface area contributed by atoms with Crippen LogP contribution in [0.25, 0.3) is 11.3 Å². The van der Waals surface area contributed by atoms with Crippen LogP contribution in [0.3, 0.4) is 0 Å². The summed E-state index contributed by atoms with van der Waals surface area (Å²) in [7, 11) is -2.36. The highest BCUT2D eigenvalue weighted by molar-refractivity contribution is 6.74. The van der Waals surface area contributed by atoms with E-state index in [0.717, 1.165) is 5.56 Å². The fraction of sp³-hybridized carbons (Fsp3) is 0.698. The summed E-state index contributed by atoms with van der Waals surface area (Å²) >= 11 is 0. The van der Waals surface area contributed by atoms with Gasteiger partial charge >= 0.3 is 24.2 Å². The van der Waals surface area contributed by atoms with Gasteiger partial charge in [0.1, 0.15) is 34.8 Å². The summed E-state index contributed by atoms with van der Waals surface area (Å²) in [6, 6.07) is 9.22. The number of carbonyl (C=O) groups is 4. The number of hydrogen-bond donors (Lipinski definition) is 2. The van der Waals surface area contributed by atoms with Gasteiger partial charge in [-0.1, -0.05) is 20.8 Å². The maximum atomic E-state index is 13.5. The predicted octanol–water partition coefficient (Wildman–Crippen LogP) is 8.84. The summed E-state index contributed by atoms with van der Waals surface area (Å²) in [5.74, 6) is 0.0574. The fourth-order valence-corrected chi connectivity index (χ4v) is 6.19. The van der Waals surface area contributed by atoms with Crippen LogP contribution in [-0.2, 0) is 41.3 Å². The monoisotopic (exact) mass is 848 g/mol. The highest BCUT2D eigenvalue weighted by atomic mass is 28.4. The maximum Gasteiger partial charge on any atom is 0.410 e. The summed E-state index contributed by atoms with van der Waals surface area (Å²) in [6.45, 7) is 33.1. The third-order valence-corrected chi connectivity index (χ3v) is 13.1. The minimum atomic E-state index is -2.36. The third kappa shape index (κ3) is 19.5. The molecule has 1 heterocycles. The molecule has 0 aliphatic rings. The van der Waals surface area contributed by atoms with E-state index < -0.39 is 61.1 Å². The van der Waals surface area contributed by atoms with Crippen LogP contribution in [0.4, 0.5) is 14.4 Å². The van der Waals surface area contributed by atoms with Crippen LogP contribution in [0.5, 0.6) is 5.75 Å². The summed E-state index contributed by atoms with van der Waals surface area (Å²) < 4.78 is 36.6. The van der Waals surface area contributed by atoms with Crippen molar-refractivity contribution >= 4 is 32.6 Å². The Hall–Kier alpha value is -4.31. The smallest absolute Gasteiger partial charge is 0.410 e. The zero-order chi connectivity index (χ0) is 45.2. The number of benzene rings is 1. The lowest BCUT2D eigenvalue weighted by Crippen LogP contribution is -2.49. The van der Waals surface area contributed by atoms with Crippen molar-refractivity contribution in [2.45, 2.75) is 170 Å². The van der Waals surface area contributed by atoms with Gasteiger partial charge in [-0.2, -0.15) is 5.10 Å². The molecule has 1 aromatic carbocycles. The number of nitrogens with one attached hydrogen (secondary N) is 2. The molecule has 0 radical (unpaired) electrons. The van der Waals surface area contributed by atoms with Crippen LogP contribution in [0, 0.1) is 0 Å². The van der Waals surface area contributed by atoms with Gasteiger partial charge in [0.15, 0.2) is 14.4 Å². The molecule has 1 aromatic heterocycles. The first-order valence-corrected chi connectivity index (χ1v) is 23.3. The molecule has 334 valence electrons. The van der Waals surface area contributed by atoms with E-state index in [4.69, 9.17) is 33.2 Å². The van der Waals surface area contributed by atoms with Gasteiger partial charge in [0.05, 0.1) is 17.9 Å². The number of alkyl carbamates (subject to hydrolysis) is 2. The number of nitrogens with zero attached hydrogens (tertiary/aromatic N) is 3. The maximum absolute atomic E-state index is 13.5. The van der Waals surface area contributed by atoms with E-state index in [1.165, 1.54) is 4.90 Å².